The van der Waals surface area contributed by atoms with E-state index in [-0.39, 0.29) is 18.0 Å². The highest BCUT2D eigenvalue weighted by Crippen LogP contribution is 2.09. The number of amides is 1. The fourth-order valence-electron chi connectivity index (χ4n) is 1.35. The van der Waals surface area contributed by atoms with Crippen LogP contribution in [0.1, 0.15) is 41.5 Å². The summed E-state index contributed by atoms with van der Waals surface area (Å²) in [6.45, 7) is 11.4. The molecule has 15 heavy (non-hydrogen) atoms. The maximum Gasteiger partial charge on any atom is 0.407 e. The molecule has 0 aliphatic carbocycles. The highest BCUT2D eigenvalue weighted by atomic mass is 16.6. The summed E-state index contributed by atoms with van der Waals surface area (Å²) in [5, 5.41) is 2.79. The number of alkyl carbamates (subject to hydrolysis) is 1. The van der Waals surface area contributed by atoms with Crippen molar-refractivity contribution in [2.75, 3.05) is 0 Å². The van der Waals surface area contributed by atoms with Gasteiger partial charge in [-0.25, -0.2) is 4.79 Å². The van der Waals surface area contributed by atoms with Gasteiger partial charge in [0.2, 0.25) is 0 Å². The number of hydrogen-bond donors (Lipinski definition) is 2. The predicted molar refractivity (Wildman–Crippen MR) is 61.6 cm³/mol. The molecule has 0 fully saturated rings. The van der Waals surface area contributed by atoms with Crippen LogP contribution >= 0.6 is 0 Å². The molecule has 0 saturated carbocycles. The Labute approximate surface area is 92.6 Å². The van der Waals surface area contributed by atoms with Gasteiger partial charge in [0.15, 0.2) is 0 Å². The molecule has 0 bridgehead atoms. The van der Waals surface area contributed by atoms with E-state index in [1.165, 1.54) is 0 Å². The van der Waals surface area contributed by atoms with Gasteiger partial charge in [0, 0.05) is 12.1 Å². The van der Waals surface area contributed by atoms with Crippen molar-refractivity contribution < 1.29 is 9.53 Å². The Hall–Kier alpha value is -0.770. The summed E-state index contributed by atoms with van der Waals surface area (Å²) in [5.74, 6) is 0.289. The molecule has 0 spiro atoms. The van der Waals surface area contributed by atoms with Gasteiger partial charge in [-0.3, -0.25) is 0 Å². The van der Waals surface area contributed by atoms with Crippen molar-refractivity contribution in [3.63, 3.8) is 0 Å². The molecule has 0 rings (SSSR count). The lowest BCUT2D eigenvalue weighted by atomic mass is 9.98. The summed E-state index contributed by atoms with van der Waals surface area (Å²) < 4.78 is 5.16. The van der Waals surface area contributed by atoms with Crippen LogP contribution in [0, 0.1) is 5.92 Å². The van der Waals surface area contributed by atoms with Crippen molar-refractivity contribution in [1.82, 2.24) is 5.32 Å². The zero-order valence-electron chi connectivity index (χ0n) is 10.6. The van der Waals surface area contributed by atoms with Crippen LogP contribution in [0.2, 0.25) is 0 Å². The third-order valence-corrected chi connectivity index (χ3v) is 1.97. The summed E-state index contributed by atoms with van der Waals surface area (Å²) in [5.41, 5.74) is 5.31. The fourth-order valence-corrected chi connectivity index (χ4v) is 1.35. The van der Waals surface area contributed by atoms with Crippen LogP contribution in [0.25, 0.3) is 0 Å². The highest BCUT2D eigenvalue weighted by Gasteiger charge is 2.23. The third kappa shape index (κ3) is 6.33. The van der Waals surface area contributed by atoms with Gasteiger partial charge in [-0.2, -0.15) is 0 Å². The normalized spacial score (nSPS) is 16.0. The Balaban J connectivity index is 4.25. The number of ether oxygens (including phenoxy) is 1. The first kappa shape index (κ1) is 14.2. The van der Waals surface area contributed by atoms with Crippen LogP contribution in [0.15, 0.2) is 0 Å². The van der Waals surface area contributed by atoms with E-state index in [1.807, 2.05) is 41.5 Å². The summed E-state index contributed by atoms with van der Waals surface area (Å²) in [7, 11) is 0. The number of hydrogen-bond acceptors (Lipinski definition) is 3. The molecule has 0 aliphatic heterocycles. The molecule has 0 aromatic carbocycles. The lowest BCUT2D eigenvalue weighted by Gasteiger charge is -2.28. The average molecular weight is 216 g/mol. The van der Waals surface area contributed by atoms with Gasteiger partial charge in [-0.05, 0) is 33.6 Å². The number of nitrogens with one attached hydrogen (secondary N) is 1. The molecule has 0 aromatic heterocycles. The van der Waals surface area contributed by atoms with E-state index in [9.17, 15) is 4.79 Å². The van der Waals surface area contributed by atoms with Crippen LogP contribution in [-0.2, 0) is 4.74 Å². The SMILES string of the molecule is CC(C)[C@@H](NC(=O)OC(C)(C)C)[C@H](C)N. The maximum absolute atomic E-state index is 11.5. The van der Waals surface area contributed by atoms with E-state index in [4.69, 9.17) is 10.5 Å². The fraction of sp³-hybridized carbons (Fsp3) is 0.909. The molecule has 0 heterocycles. The Morgan fingerprint density at radius 2 is 1.73 bits per heavy atom. The molecule has 0 aliphatic rings. The molecule has 0 radical (unpaired) electrons. The molecular weight excluding hydrogens is 192 g/mol. The number of carbonyl (C=O) groups excluding carboxylic acids is 1. The van der Waals surface area contributed by atoms with E-state index < -0.39 is 11.7 Å². The second kappa shape index (κ2) is 5.35. The van der Waals surface area contributed by atoms with Gasteiger partial charge >= 0.3 is 6.09 Å². The topological polar surface area (TPSA) is 64.3 Å². The lowest BCUT2D eigenvalue weighted by molar-refractivity contribution is 0.0482. The van der Waals surface area contributed by atoms with Crippen molar-refractivity contribution in [3.8, 4) is 0 Å². The molecule has 0 unspecified atom stereocenters. The Kier molecular flexibility index (Phi) is 5.08. The zero-order chi connectivity index (χ0) is 12.2. The molecule has 2 atom stereocenters. The summed E-state index contributed by atoms with van der Waals surface area (Å²) in [6.07, 6.45) is -0.404. The first-order valence-corrected chi connectivity index (χ1v) is 5.38. The van der Waals surface area contributed by atoms with Gasteiger partial charge < -0.3 is 15.8 Å². The summed E-state index contributed by atoms with van der Waals surface area (Å²) in [4.78, 5) is 11.5. The maximum atomic E-state index is 11.5. The number of carbonyl (C=O) groups is 1. The van der Waals surface area contributed by atoms with Crippen LogP contribution in [0.3, 0.4) is 0 Å². The molecule has 3 N–H and O–H groups in total. The highest BCUT2D eigenvalue weighted by molar-refractivity contribution is 5.68. The van der Waals surface area contributed by atoms with Crippen LogP contribution in [0.4, 0.5) is 4.79 Å². The van der Waals surface area contributed by atoms with Crippen LogP contribution < -0.4 is 11.1 Å². The monoisotopic (exact) mass is 216 g/mol. The number of nitrogens with two attached hydrogens (primary N) is 1. The first-order valence-electron chi connectivity index (χ1n) is 5.38. The van der Waals surface area contributed by atoms with Crippen molar-refractivity contribution >= 4 is 6.09 Å². The zero-order valence-corrected chi connectivity index (χ0v) is 10.6. The Bertz CT molecular complexity index is 199. The van der Waals surface area contributed by atoms with Gasteiger partial charge in [-0.15, -0.1) is 0 Å². The van der Waals surface area contributed by atoms with Gasteiger partial charge in [0.1, 0.15) is 5.60 Å². The molecular formula is C11H24N2O2. The van der Waals surface area contributed by atoms with Crippen LogP contribution in [-0.4, -0.2) is 23.8 Å². The molecule has 4 nitrogen and oxygen atoms in total. The lowest BCUT2D eigenvalue weighted by Crippen LogP contribution is -2.50. The first-order chi connectivity index (χ1) is 6.63. The molecule has 90 valence electrons. The Morgan fingerprint density at radius 3 is 2.00 bits per heavy atom. The summed E-state index contributed by atoms with van der Waals surface area (Å²) in [6, 6.07) is -0.141. The third-order valence-electron chi connectivity index (χ3n) is 1.97. The second-order valence-electron chi connectivity index (χ2n) is 5.28. The van der Waals surface area contributed by atoms with E-state index in [0.717, 1.165) is 0 Å². The van der Waals surface area contributed by atoms with E-state index in [0.29, 0.717) is 0 Å². The Morgan fingerprint density at radius 1 is 1.27 bits per heavy atom. The van der Waals surface area contributed by atoms with E-state index in [1.54, 1.807) is 0 Å². The molecule has 4 heteroatoms. The van der Waals surface area contributed by atoms with Crippen molar-refractivity contribution in [3.05, 3.63) is 0 Å². The molecule has 1 amide bonds. The van der Waals surface area contributed by atoms with E-state index in [2.05, 4.69) is 5.32 Å². The van der Waals surface area contributed by atoms with Crippen molar-refractivity contribution in [1.29, 1.82) is 0 Å². The van der Waals surface area contributed by atoms with Crippen molar-refractivity contribution in [2.45, 2.75) is 59.2 Å². The quantitative estimate of drug-likeness (QED) is 0.757. The largest absolute Gasteiger partial charge is 0.444 e. The van der Waals surface area contributed by atoms with Gasteiger partial charge in [-0.1, -0.05) is 13.8 Å². The second-order valence-corrected chi connectivity index (χ2v) is 5.28. The average Bonchev–Trinajstić information content (AvgIpc) is 1.95. The summed E-state index contributed by atoms with van der Waals surface area (Å²) >= 11 is 0. The van der Waals surface area contributed by atoms with Crippen LogP contribution in [0.5, 0.6) is 0 Å². The van der Waals surface area contributed by atoms with E-state index >= 15 is 0 Å². The molecule has 0 saturated heterocycles. The van der Waals surface area contributed by atoms with Gasteiger partial charge in [0.25, 0.3) is 0 Å². The van der Waals surface area contributed by atoms with Crippen molar-refractivity contribution in [2.24, 2.45) is 11.7 Å². The predicted octanol–water partition coefficient (Wildman–Crippen LogP) is 1.88. The minimum Gasteiger partial charge on any atom is -0.444 e. The molecule has 0 aromatic rings. The van der Waals surface area contributed by atoms with Gasteiger partial charge in [0.05, 0.1) is 0 Å². The standard InChI is InChI=1S/C11H24N2O2/c1-7(2)9(8(3)12)13-10(14)15-11(4,5)6/h7-9H,12H2,1-6H3,(H,13,14)/t8-,9+/m0/s1. The minimum absolute atomic E-state index is 0.0557. The smallest absolute Gasteiger partial charge is 0.407 e. The number of rotatable bonds is 3. The minimum atomic E-state index is -0.469.